The number of aliphatic imine (C=N–C) groups is 1. The number of aliphatic hydroxyl groups is 1. The Kier molecular flexibility index (Phi) is 22.9. The Morgan fingerprint density at radius 2 is 1.14 bits per heavy atom. The number of carbonyl (C=O) groups is 8. The van der Waals surface area contributed by atoms with Crippen molar-refractivity contribution in [2.24, 2.45) is 34.0 Å². The molecule has 58 heavy (non-hydrogen) atoms. The number of hydrogen-bond acceptors (Lipinski definition) is 11. The van der Waals surface area contributed by atoms with E-state index in [9.17, 15) is 43.5 Å². The fourth-order valence-electron chi connectivity index (χ4n) is 6.09. The van der Waals surface area contributed by atoms with E-state index in [0.717, 1.165) is 51.4 Å². The molecule has 0 aromatic carbocycles. The molecule has 13 N–H and O–H groups in total. The number of unbranched alkanes of at least 4 members (excludes halogenated alkanes) is 8. The highest BCUT2D eigenvalue weighted by atomic mass is 16.5. The molecule has 0 saturated carbocycles. The van der Waals surface area contributed by atoms with Crippen LogP contribution >= 0.6 is 0 Å². The first-order chi connectivity index (χ1) is 27.2. The second kappa shape index (κ2) is 26.1. The van der Waals surface area contributed by atoms with Crippen molar-refractivity contribution in [3.05, 3.63) is 0 Å². The first-order valence-corrected chi connectivity index (χ1v) is 20.2. The van der Waals surface area contributed by atoms with Gasteiger partial charge in [-0.05, 0) is 45.4 Å². The number of guanidine groups is 1. The van der Waals surface area contributed by atoms with Gasteiger partial charge in [-0.1, -0.05) is 72.6 Å². The molecule has 1 heterocycles. The molecule has 1 fully saturated rings. The molecule has 20 nitrogen and oxygen atoms in total. The Morgan fingerprint density at radius 3 is 1.62 bits per heavy atom. The molecular formula is C38H68N10O10. The monoisotopic (exact) mass is 825 g/mol. The fourth-order valence-corrected chi connectivity index (χ4v) is 6.09. The largest absolute Gasteiger partial charge is 0.458 e. The summed E-state index contributed by atoms with van der Waals surface area (Å²) in [4.78, 5) is 110. The van der Waals surface area contributed by atoms with Gasteiger partial charge in [0.25, 0.3) is 0 Å². The predicted molar refractivity (Wildman–Crippen MR) is 215 cm³/mol. The van der Waals surface area contributed by atoms with Crippen molar-refractivity contribution in [2.75, 3.05) is 6.54 Å². The number of rotatable bonds is 18. The van der Waals surface area contributed by atoms with Gasteiger partial charge < -0.3 is 58.9 Å². The Balaban J connectivity index is 3.27. The number of hydrogen-bond donors (Lipinski definition) is 10. The first-order valence-electron chi connectivity index (χ1n) is 20.2. The number of esters is 1. The van der Waals surface area contributed by atoms with E-state index in [4.69, 9.17) is 21.9 Å². The number of cyclic esters (lactones) is 1. The number of nitrogens with two attached hydrogens (primary N) is 3. The SMILES string of the molecule is CC(C)[C@@H]1NC(=O)[C@@H](C(C)C)NC(=O)[C@@H](NC(=O)CCCCCCCCCCCN=C(N)N)[C@@H](C)OC(=O)[C@@H](C)NC(=O)[C@@H](CC(N)=O)NC(=O)[C@@H]([C@H](C)O)NC1=O. The Bertz CT molecular complexity index is 1440. The zero-order chi connectivity index (χ0) is 44.1. The summed E-state index contributed by atoms with van der Waals surface area (Å²) in [5.41, 5.74) is 16.0. The number of nitrogens with zero attached hydrogens (tertiary/aromatic N) is 1. The lowest BCUT2D eigenvalue weighted by atomic mass is 9.98. The van der Waals surface area contributed by atoms with Gasteiger partial charge in [-0.15, -0.1) is 0 Å². The van der Waals surface area contributed by atoms with Crippen LogP contribution in [0.2, 0.25) is 0 Å². The number of nitrogens with one attached hydrogen (secondary N) is 6. The van der Waals surface area contributed by atoms with Gasteiger partial charge in [0.2, 0.25) is 41.4 Å². The number of primary amides is 1. The fraction of sp³-hybridized carbons (Fsp3) is 0.763. The highest BCUT2D eigenvalue weighted by Crippen LogP contribution is 2.13. The summed E-state index contributed by atoms with van der Waals surface area (Å²) >= 11 is 0. The van der Waals surface area contributed by atoms with Gasteiger partial charge in [0.15, 0.2) is 5.96 Å². The number of aliphatic hydroxyl groups excluding tert-OH is 1. The van der Waals surface area contributed by atoms with Gasteiger partial charge in [-0.3, -0.25) is 38.6 Å². The highest BCUT2D eigenvalue weighted by molar-refractivity contribution is 5.98. The Morgan fingerprint density at radius 1 is 0.672 bits per heavy atom. The van der Waals surface area contributed by atoms with Crippen LogP contribution in [0.15, 0.2) is 4.99 Å². The van der Waals surface area contributed by atoms with Crippen molar-refractivity contribution in [2.45, 2.75) is 168 Å². The molecular weight excluding hydrogens is 756 g/mol. The average molecular weight is 825 g/mol. The van der Waals surface area contributed by atoms with Crippen molar-refractivity contribution < 1.29 is 48.2 Å². The molecule has 20 heteroatoms. The van der Waals surface area contributed by atoms with Gasteiger partial charge in [0.05, 0.1) is 12.5 Å². The molecule has 0 unspecified atom stereocenters. The second-order valence-corrected chi connectivity index (χ2v) is 15.6. The summed E-state index contributed by atoms with van der Waals surface area (Å²) in [5.74, 6) is -8.09. The van der Waals surface area contributed by atoms with Crippen LogP contribution in [0, 0.1) is 11.8 Å². The molecule has 0 aromatic rings. The van der Waals surface area contributed by atoms with Gasteiger partial charge in [-0.2, -0.15) is 0 Å². The number of amides is 7. The quantitative estimate of drug-likeness (QED) is 0.0331. The minimum atomic E-state index is -1.66. The van der Waals surface area contributed by atoms with E-state index in [0.29, 0.717) is 13.0 Å². The van der Waals surface area contributed by atoms with Crippen LogP contribution in [0.1, 0.15) is 119 Å². The standard InChI is InChI=1S/C38H68N10O10/c1-20(2)28-33(53)46-29(21(3)4)34(54)48-30(23(6)49)35(55)44-25(19-26(39)50)32(52)43-22(5)37(57)58-24(7)31(36(56)47-28)45-27(51)17-15-13-11-9-8-10-12-14-16-18-42-38(40)41/h20-25,28-31,49H,8-19H2,1-7H3,(H2,39,50)(H,43,52)(H,44,55)(H,45,51)(H,46,53)(H,47,56)(H,48,54)(H4,40,41,42)/t22-,23+,24-,25-,28-,29+,30-,31+/m1/s1. The van der Waals surface area contributed by atoms with E-state index in [2.05, 4.69) is 36.9 Å². The van der Waals surface area contributed by atoms with Crippen molar-refractivity contribution in [3.8, 4) is 0 Å². The van der Waals surface area contributed by atoms with Crippen LogP contribution in [-0.4, -0.2) is 113 Å². The first kappa shape index (κ1) is 51.0. The van der Waals surface area contributed by atoms with E-state index in [1.54, 1.807) is 27.7 Å². The van der Waals surface area contributed by atoms with Crippen molar-refractivity contribution in [1.82, 2.24) is 31.9 Å². The van der Waals surface area contributed by atoms with Crippen LogP contribution in [0.25, 0.3) is 0 Å². The van der Waals surface area contributed by atoms with E-state index in [1.165, 1.54) is 20.8 Å². The van der Waals surface area contributed by atoms with E-state index < -0.39 is 114 Å². The van der Waals surface area contributed by atoms with Crippen molar-refractivity contribution in [1.29, 1.82) is 0 Å². The van der Waals surface area contributed by atoms with Crippen molar-refractivity contribution in [3.63, 3.8) is 0 Å². The maximum absolute atomic E-state index is 13.9. The predicted octanol–water partition coefficient (Wildman–Crippen LogP) is -1.40. The lowest BCUT2D eigenvalue weighted by Crippen LogP contribution is -2.63. The molecule has 1 aliphatic rings. The second-order valence-electron chi connectivity index (χ2n) is 15.6. The molecule has 1 rings (SSSR count). The van der Waals surface area contributed by atoms with Crippen LogP contribution in [-0.2, 0) is 43.1 Å². The Labute approximate surface area is 341 Å². The molecule has 1 aliphatic heterocycles. The van der Waals surface area contributed by atoms with Crippen LogP contribution in [0.4, 0.5) is 0 Å². The minimum absolute atomic E-state index is 0.0708. The zero-order valence-electron chi connectivity index (χ0n) is 35.1. The molecule has 0 radical (unpaired) electrons. The summed E-state index contributed by atoms with van der Waals surface area (Å²) in [6.45, 7) is 11.0. The normalized spacial score (nSPS) is 24.8. The summed E-state index contributed by atoms with van der Waals surface area (Å²) in [6.07, 6.45) is 4.89. The summed E-state index contributed by atoms with van der Waals surface area (Å²) < 4.78 is 5.54. The number of carbonyl (C=O) groups excluding carboxylic acids is 8. The lowest BCUT2D eigenvalue weighted by Gasteiger charge is -2.31. The third-order valence-electron chi connectivity index (χ3n) is 9.53. The summed E-state index contributed by atoms with van der Waals surface area (Å²) in [6, 6.07) is -8.70. The highest BCUT2D eigenvalue weighted by Gasteiger charge is 2.38. The van der Waals surface area contributed by atoms with Gasteiger partial charge in [0.1, 0.15) is 42.4 Å². The molecule has 7 amide bonds. The van der Waals surface area contributed by atoms with E-state index in [-0.39, 0.29) is 12.4 Å². The molecule has 0 bridgehead atoms. The van der Waals surface area contributed by atoms with Gasteiger partial charge in [0, 0.05) is 13.0 Å². The van der Waals surface area contributed by atoms with Crippen LogP contribution in [0.5, 0.6) is 0 Å². The molecule has 0 aliphatic carbocycles. The number of ether oxygens (including phenoxy) is 1. The summed E-state index contributed by atoms with van der Waals surface area (Å²) in [5, 5.41) is 25.3. The molecule has 0 spiro atoms. The Hall–Kier alpha value is -5.01. The van der Waals surface area contributed by atoms with Gasteiger partial charge in [-0.25, -0.2) is 4.79 Å². The zero-order valence-corrected chi connectivity index (χ0v) is 35.1. The van der Waals surface area contributed by atoms with Crippen molar-refractivity contribution >= 4 is 53.3 Å². The average Bonchev–Trinajstić information content (AvgIpc) is 3.12. The summed E-state index contributed by atoms with van der Waals surface area (Å²) in [7, 11) is 0. The molecule has 8 atom stereocenters. The van der Waals surface area contributed by atoms with Gasteiger partial charge >= 0.3 is 5.97 Å². The van der Waals surface area contributed by atoms with Crippen LogP contribution in [0.3, 0.4) is 0 Å². The van der Waals surface area contributed by atoms with E-state index in [1.807, 2.05) is 0 Å². The topological polar surface area (TPSA) is 329 Å². The molecule has 0 aromatic heterocycles. The molecule has 330 valence electrons. The maximum atomic E-state index is 13.9. The van der Waals surface area contributed by atoms with Crippen LogP contribution < -0.4 is 49.1 Å². The molecule has 1 saturated heterocycles. The smallest absolute Gasteiger partial charge is 0.328 e. The third kappa shape index (κ3) is 19.0. The third-order valence-corrected chi connectivity index (χ3v) is 9.53. The lowest BCUT2D eigenvalue weighted by molar-refractivity contribution is -0.155. The van der Waals surface area contributed by atoms with E-state index >= 15 is 0 Å². The maximum Gasteiger partial charge on any atom is 0.328 e. The minimum Gasteiger partial charge on any atom is -0.458 e.